The fraction of sp³-hybridized carbons (Fsp3) is 0.727. The zero-order valence-electron chi connectivity index (χ0n) is 11.2. The molecule has 0 fully saturated rings. The van der Waals surface area contributed by atoms with Crippen LogP contribution in [0, 0.1) is 10.1 Å². The smallest absolute Gasteiger partial charge is 0.306 e. The first kappa shape index (κ1) is 15.5. The van der Waals surface area contributed by atoms with Gasteiger partial charge in [0.2, 0.25) is 0 Å². The summed E-state index contributed by atoms with van der Waals surface area (Å²) in [7, 11) is 0. The van der Waals surface area contributed by atoms with Crippen LogP contribution in [0.2, 0.25) is 0 Å². The van der Waals surface area contributed by atoms with E-state index in [0.29, 0.717) is 19.7 Å². The third-order valence-electron chi connectivity index (χ3n) is 2.34. The van der Waals surface area contributed by atoms with Crippen molar-refractivity contribution in [2.45, 2.75) is 32.6 Å². The minimum Gasteiger partial charge on any atom is -0.390 e. The number of nitrogens with zero attached hydrogens (tertiary/aromatic N) is 3. The summed E-state index contributed by atoms with van der Waals surface area (Å²) in [6, 6.07) is 0. The lowest BCUT2D eigenvalue weighted by Crippen LogP contribution is -2.32. The van der Waals surface area contributed by atoms with Gasteiger partial charge in [-0.05, 0) is 13.8 Å². The zero-order valence-corrected chi connectivity index (χ0v) is 11.2. The van der Waals surface area contributed by atoms with E-state index in [2.05, 4.69) is 10.4 Å². The summed E-state index contributed by atoms with van der Waals surface area (Å²) in [6.45, 7) is 5.74. The number of rotatable bonds is 9. The zero-order chi connectivity index (χ0) is 14.3. The van der Waals surface area contributed by atoms with Crippen molar-refractivity contribution >= 4 is 5.69 Å². The molecule has 1 unspecified atom stereocenters. The number of aliphatic hydroxyl groups is 1. The van der Waals surface area contributed by atoms with Crippen LogP contribution in [0.4, 0.5) is 5.69 Å². The van der Waals surface area contributed by atoms with Gasteiger partial charge in [0.1, 0.15) is 12.4 Å². The summed E-state index contributed by atoms with van der Waals surface area (Å²) in [6.07, 6.45) is 2.00. The Labute approximate surface area is 111 Å². The molecule has 0 aliphatic rings. The Balaban J connectivity index is 2.19. The van der Waals surface area contributed by atoms with Crippen molar-refractivity contribution in [3.63, 3.8) is 0 Å². The van der Waals surface area contributed by atoms with Gasteiger partial charge in [0.25, 0.3) is 0 Å². The van der Waals surface area contributed by atoms with Crippen LogP contribution in [0.15, 0.2) is 12.4 Å². The largest absolute Gasteiger partial charge is 0.390 e. The third kappa shape index (κ3) is 6.27. The fourth-order valence-corrected chi connectivity index (χ4v) is 1.46. The van der Waals surface area contributed by atoms with Crippen LogP contribution in [-0.4, -0.2) is 51.7 Å². The van der Waals surface area contributed by atoms with Crippen molar-refractivity contribution in [3.8, 4) is 0 Å². The summed E-state index contributed by atoms with van der Waals surface area (Å²) in [5.41, 5.74) is -0.0782. The Morgan fingerprint density at radius 2 is 2.37 bits per heavy atom. The van der Waals surface area contributed by atoms with E-state index >= 15 is 0 Å². The highest BCUT2D eigenvalue weighted by atomic mass is 16.6. The monoisotopic (exact) mass is 272 g/mol. The van der Waals surface area contributed by atoms with E-state index in [0.717, 1.165) is 6.20 Å². The van der Waals surface area contributed by atoms with Crippen LogP contribution in [0.5, 0.6) is 0 Å². The van der Waals surface area contributed by atoms with Gasteiger partial charge in [-0.3, -0.25) is 14.8 Å². The van der Waals surface area contributed by atoms with Crippen LogP contribution in [-0.2, 0) is 11.3 Å². The number of nitro groups is 1. The van der Waals surface area contributed by atoms with Gasteiger partial charge in [-0.2, -0.15) is 5.10 Å². The molecule has 1 rings (SSSR count). The molecule has 2 N–H and O–H groups in total. The van der Waals surface area contributed by atoms with Gasteiger partial charge in [-0.15, -0.1) is 0 Å². The molecule has 0 radical (unpaired) electrons. The molecule has 0 bridgehead atoms. The molecule has 0 aliphatic heterocycles. The molecule has 0 amide bonds. The Bertz CT molecular complexity index is 394. The third-order valence-corrected chi connectivity index (χ3v) is 2.34. The van der Waals surface area contributed by atoms with E-state index in [1.807, 2.05) is 13.8 Å². The lowest BCUT2D eigenvalue weighted by molar-refractivity contribution is -0.385. The number of aromatic nitrogens is 2. The van der Waals surface area contributed by atoms with E-state index in [-0.39, 0.29) is 18.3 Å². The second kappa shape index (κ2) is 7.82. The fourth-order valence-electron chi connectivity index (χ4n) is 1.46. The topological polar surface area (TPSA) is 102 Å². The van der Waals surface area contributed by atoms with E-state index in [9.17, 15) is 15.2 Å². The molecule has 0 aliphatic carbocycles. The second-order valence-electron chi connectivity index (χ2n) is 4.46. The number of aliphatic hydroxyl groups excluding tert-OH is 1. The summed E-state index contributed by atoms with van der Waals surface area (Å²) in [4.78, 5) is 9.95. The Kier molecular flexibility index (Phi) is 6.40. The van der Waals surface area contributed by atoms with Crippen LogP contribution in [0.1, 0.15) is 13.8 Å². The lowest BCUT2D eigenvalue weighted by Gasteiger charge is -2.12. The Morgan fingerprint density at radius 1 is 1.63 bits per heavy atom. The second-order valence-corrected chi connectivity index (χ2v) is 4.46. The van der Waals surface area contributed by atoms with Gasteiger partial charge in [0.05, 0.1) is 30.3 Å². The first-order chi connectivity index (χ1) is 8.99. The highest BCUT2D eigenvalue weighted by Crippen LogP contribution is 2.07. The minimum atomic E-state index is -0.654. The average Bonchev–Trinajstić information content (AvgIpc) is 2.76. The maximum Gasteiger partial charge on any atom is 0.306 e. The van der Waals surface area contributed by atoms with Crippen molar-refractivity contribution < 1.29 is 14.8 Å². The number of hydrogen-bond donors (Lipinski definition) is 2. The van der Waals surface area contributed by atoms with Crippen LogP contribution in [0.3, 0.4) is 0 Å². The van der Waals surface area contributed by atoms with Crippen molar-refractivity contribution in [1.29, 1.82) is 0 Å². The van der Waals surface area contributed by atoms with E-state index < -0.39 is 11.0 Å². The summed E-state index contributed by atoms with van der Waals surface area (Å²) in [5.74, 6) is 0. The molecular formula is C11H20N4O4. The first-order valence-electron chi connectivity index (χ1n) is 6.16. The molecule has 0 saturated carbocycles. The van der Waals surface area contributed by atoms with E-state index in [1.54, 1.807) is 0 Å². The standard InChI is InChI=1S/C11H20N4O4/c1-9(2)19-4-3-12-6-11(16)8-14-7-10(5-13-14)15(17)18/h5,7,9,11-12,16H,3-4,6,8H2,1-2H3. The predicted molar refractivity (Wildman–Crippen MR) is 68.8 cm³/mol. The molecule has 0 aromatic carbocycles. The van der Waals surface area contributed by atoms with Gasteiger partial charge in [-0.1, -0.05) is 0 Å². The normalized spacial score (nSPS) is 12.8. The van der Waals surface area contributed by atoms with Gasteiger partial charge in [0, 0.05) is 13.1 Å². The van der Waals surface area contributed by atoms with Gasteiger partial charge in [0.15, 0.2) is 0 Å². The highest BCUT2D eigenvalue weighted by Gasteiger charge is 2.11. The van der Waals surface area contributed by atoms with Gasteiger partial charge in [-0.25, -0.2) is 0 Å². The van der Waals surface area contributed by atoms with E-state index in [1.165, 1.54) is 10.9 Å². The minimum absolute atomic E-state index is 0.0782. The molecule has 0 spiro atoms. The van der Waals surface area contributed by atoms with Gasteiger partial charge >= 0.3 is 5.69 Å². The molecule has 0 saturated heterocycles. The number of hydrogen-bond acceptors (Lipinski definition) is 6. The predicted octanol–water partition coefficient (Wildman–Crippen LogP) is 0.167. The Hall–Kier alpha value is -1.51. The maximum absolute atomic E-state index is 10.5. The lowest BCUT2D eigenvalue weighted by atomic mass is 10.3. The molecule has 8 nitrogen and oxygen atoms in total. The SMILES string of the molecule is CC(C)OCCNCC(O)Cn1cc([N+](=O)[O-])cn1. The van der Waals surface area contributed by atoms with Crippen LogP contribution in [0.25, 0.3) is 0 Å². The summed E-state index contributed by atoms with van der Waals surface area (Å²) in [5, 5.41) is 27.0. The van der Waals surface area contributed by atoms with E-state index in [4.69, 9.17) is 4.74 Å². The van der Waals surface area contributed by atoms with Crippen molar-refractivity contribution in [1.82, 2.24) is 15.1 Å². The highest BCUT2D eigenvalue weighted by molar-refractivity contribution is 5.20. The quantitative estimate of drug-likeness (QED) is 0.377. The molecule has 8 heteroatoms. The average molecular weight is 272 g/mol. The summed E-state index contributed by atoms with van der Waals surface area (Å²) < 4.78 is 6.69. The van der Waals surface area contributed by atoms with Crippen LogP contribution < -0.4 is 5.32 Å². The molecule has 108 valence electrons. The van der Waals surface area contributed by atoms with Crippen molar-refractivity contribution in [2.24, 2.45) is 0 Å². The number of nitrogens with one attached hydrogen (secondary N) is 1. The molecule has 1 atom stereocenters. The van der Waals surface area contributed by atoms with Crippen molar-refractivity contribution in [2.75, 3.05) is 19.7 Å². The molecule has 1 heterocycles. The molecule has 1 aromatic rings. The number of ether oxygens (including phenoxy) is 1. The summed E-state index contributed by atoms with van der Waals surface area (Å²) >= 11 is 0. The molecule has 1 aromatic heterocycles. The van der Waals surface area contributed by atoms with Crippen molar-refractivity contribution in [3.05, 3.63) is 22.5 Å². The van der Waals surface area contributed by atoms with Gasteiger partial charge < -0.3 is 15.2 Å². The molecular weight excluding hydrogens is 252 g/mol. The Morgan fingerprint density at radius 3 is 2.95 bits per heavy atom. The maximum atomic E-state index is 10.5. The molecule has 19 heavy (non-hydrogen) atoms. The van der Waals surface area contributed by atoms with Crippen LogP contribution >= 0.6 is 0 Å². The first-order valence-corrected chi connectivity index (χ1v) is 6.16.